The van der Waals surface area contributed by atoms with Crippen molar-refractivity contribution in [2.45, 2.75) is 38.5 Å². The average Bonchev–Trinajstić information content (AvgIpc) is 2.39. The minimum Gasteiger partial charge on any atom is -0.478 e. The first-order valence-corrected chi connectivity index (χ1v) is 6.18. The molecule has 1 aromatic rings. The molecular weight excluding hydrogens is 212 g/mol. The molecule has 17 heavy (non-hydrogen) atoms. The molecule has 0 spiro atoms. The van der Waals surface area contributed by atoms with Gasteiger partial charge in [0.25, 0.3) is 0 Å². The zero-order valence-electron chi connectivity index (χ0n) is 10.1. The van der Waals surface area contributed by atoms with E-state index in [2.05, 4.69) is 12.1 Å². The minimum atomic E-state index is -0.775. The van der Waals surface area contributed by atoms with Crippen molar-refractivity contribution < 1.29 is 9.90 Å². The molecule has 1 unspecified atom stereocenters. The third-order valence-electron chi connectivity index (χ3n) is 3.61. The number of benzene rings is 1. The van der Waals surface area contributed by atoms with Crippen LogP contribution in [0.4, 0.5) is 0 Å². The van der Waals surface area contributed by atoms with Crippen molar-refractivity contribution in [3.05, 3.63) is 47.0 Å². The zero-order valence-corrected chi connectivity index (χ0v) is 10.1. The Morgan fingerprint density at radius 3 is 2.59 bits per heavy atom. The zero-order chi connectivity index (χ0) is 12.3. The highest BCUT2D eigenvalue weighted by atomic mass is 16.4. The van der Waals surface area contributed by atoms with Crippen molar-refractivity contribution in [3.8, 4) is 0 Å². The van der Waals surface area contributed by atoms with E-state index in [9.17, 15) is 4.79 Å². The average molecular weight is 230 g/mol. The second-order valence-electron chi connectivity index (χ2n) is 4.66. The van der Waals surface area contributed by atoms with Gasteiger partial charge in [-0.05, 0) is 31.7 Å². The molecule has 1 aliphatic rings. The Morgan fingerprint density at radius 1 is 1.24 bits per heavy atom. The van der Waals surface area contributed by atoms with Crippen molar-refractivity contribution >= 4 is 5.97 Å². The molecule has 1 atom stereocenters. The molecular formula is C15H18O2. The fraction of sp³-hybridized carbons (Fsp3) is 0.400. The number of hydrogen-bond acceptors (Lipinski definition) is 1. The Hall–Kier alpha value is -1.57. The van der Waals surface area contributed by atoms with Gasteiger partial charge >= 0.3 is 5.97 Å². The van der Waals surface area contributed by atoms with Crippen molar-refractivity contribution in [1.82, 2.24) is 0 Å². The van der Waals surface area contributed by atoms with E-state index in [-0.39, 0.29) is 0 Å². The summed E-state index contributed by atoms with van der Waals surface area (Å²) in [5.74, 6) is -0.469. The van der Waals surface area contributed by atoms with Crippen LogP contribution < -0.4 is 0 Å². The number of carboxylic acid groups (broad SMARTS) is 1. The van der Waals surface area contributed by atoms with Crippen LogP contribution in [0.5, 0.6) is 0 Å². The molecule has 1 fully saturated rings. The first kappa shape index (κ1) is 11.9. The first-order chi connectivity index (χ1) is 8.20. The molecule has 0 saturated heterocycles. The number of hydrogen-bond donors (Lipinski definition) is 1. The highest BCUT2D eigenvalue weighted by Crippen LogP contribution is 2.38. The Morgan fingerprint density at radius 2 is 1.94 bits per heavy atom. The number of allylic oxidation sites excluding steroid dienone is 1. The van der Waals surface area contributed by atoms with Crippen LogP contribution in [0.15, 0.2) is 41.5 Å². The number of carbonyl (C=O) groups is 1. The maximum absolute atomic E-state index is 11.1. The van der Waals surface area contributed by atoms with E-state index in [0.717, 1.165) is 24.8 Å². The van der Waals surface area contributed by atoms with Crippen LogP contribution in [0.1, 0.15) is 44.1 Å². The predicted octanol–water partition coefficient (Wildman–Crippen LogP) is 3.75. The first-order valence-electron chi connectivity index (χ1n) is 6.18. The van der Waals surface area contributed by atoms with E-state index < -0.39 is 5.97 Å². The van der Waals surface area contributed by atoms with Crippen LogP contribution in [0.3, 0.4) is 0 Å². The SMILES string of the molecule is C/C(C(=O)O)=C1/CCCCC1c1ccccc1. The van der Waals surface area contributed by atoms with Gasteiger partial charge in [0.1, 0.15) is 0 Å². The van der Waals surface area contributed by atoms with Gasteiger partial charge in [-0.15, -0.1) is 0 Å². The molecule has 90 valence electrons. The van der Waals surface area contributed by atoms with Gasteiger partial charge in [-0.1, -0.05) is 42.3 Å². The van der Waals surface area contributed by atoms with Crippen molar-refractivity contribution in [1.29, 1.82) is 0 Å². The summed E-state index contributed by atoms with van der Waals surface area (Å²) in [6.45, 7) is 1.74. The topological polar surface area (TPSA) is 37.3 Å². The summed E-state index contributed by atoms with van der Waals surface area (Å²) >= 11 is 0. The highest BCUT2D eigenvalue weighted by molar-refractivity contribution is 5.87. The van der Waals surface area contributed by atoms with E-state index in [1.807, 2.05) is 18.2 Å². The highest BCUT2D eigenvalue weighted by Gasteiger charge is 2.24. The van der Waals surface area contributed by atoms with Gasteiger partial charge in [0.2, 0.25) is 0 Å². The van der Waals surface area contributed by atoms with Gasteiger partial charge in [0, 0.05) is 11.5 Å². The Labute approximate surface area is 102 Å². The molecule has 1 saturated carbocycles. The summed E-state index contributed by atoms with van der Waals surface area (Å²) in [7, 11) is 0. The lowest BCUT2D eigenvalue weighted by Crippen LogP contribution is -2.13. The maximum Gasteiger partial charge on any atom is 0.331 e. The molecule has 1 aromatic carbocycles. The van der Waals surface area contributed by atoms with Crippen LogP contribution in [0.25, 0.3) is 0 Å². The quantitative estimate of drug-likeness (QED) is 0.786. The van der Waals surface area contributed by atoms with Crippen LogP contribution >= 0.6 is 0 Å². The van der Waals surface area contributed by atoms with Gasteiger partial charge in [0.05, 0.1) is 0 Å². The van der Waals surface area contributed by atoms with E-state index in [1.165, 1.54) is 12.0 Å². The second kappa shape index (κ2) is 5.17. The number of rotatable bonds is 2. The minimum absolute atomic E-state index is 0.307. The standard InChI is InChI=1S/C15H18O2/c1-11(15(16)17)13-9-5-6-10-14(13)12-7-3-2-4-8-12/h2-4,7-8,14H,5-6,9-10H2,1H3,(H,16,17)/b13-11+. The molecule has 0 radical (unpaired) electrons. The number of aliphatic carboxylic acids is 1. The van der Waals surface area contributed by atoms with Gasteiger partial charge in [-0.2, -0.15) is 0 Å². The molecule has 1 aliphatic carbocycles. The smallest absolute Gasteiger partial charge is 0.331 e. The molecule has 0 amide bonds. The van der Waals surface area contributed by atoms with Gasteiger partial charge < -0.3 is 5.11 Å². The van der Waals surface area contributed by atoms with Gasteiger partial charge in [-0.3, -0.25) is 0 Å². The lowest BCUT2D eigenvalue weighted by Gasteiger charge is -2.27. The van der Waals surface area contributed by atoms with Gasteiger partial charge in [0.15, 0.2) is 0 Å². The maximum atomic E-state index is 11.1. The molecule has 0 heterocycles. The van der Waals surface area contributed by atoms with Crippen LogP contribution in [-0.4, -0.2) is 11.1 Å². The summed E-state index contributed by atoms with van der Waals surface area (Å²) < 4.78 is 0. The molecule has 2 nitrogen and oxygen atoms in total. The predicted molar refractivity (Wildman–Crippen MR) is 68.0 cm³/mol. The largest absolute Gasteiger partial charge is 0.478 e. The molecule has 0 aliphatic heterocycles. The Bertz CT molecular complexity index is 431. The molecule has 1 N–H and O–H groups in total. The summed E-state index contributed by atoms with van der Waals surface area (Å²) in [6.07, 6.45) is 4.31. The van der Waals surface area contributed by atoms with Crippen LogP contribution in [0.2, 0.25) is 0 Å². The Balaban J connectivity index is 2.37. The third kappa shape index (κ3) is 2.57. The lowest BCUT2D eigenvalue weighted by molar-refractivity contribution is -0.132. The van der Waals surface area contributed by atoms with E-state index in [1.54, 1.807) is 6.92 Å². The monoisotopic (exact) mass is 230 g/mol. The van der Waals surface area contributed by atoms with E-state index in [0.29, 0.717) is 11.5 Å². The van der Waals surface area contributed by atoms with Crippen molar-refractivity contribution in [2.24, 2.45) is 0 Å². The van der Waals surface area contributed by atoms with Gasteiger partial charge in [-0.25, -0.2) is 4.79 Å². The number of carboxylic acids is 1. The summed E-state index contributed by atoms with van der Waals surface area (Å²) in [5, 5.41) is 9.14. The van der Waals surface area contributed by atoms with Crippen LogP contribution in [-0.2, 0) is 4.79 Å². The van der Waals surface area contributed by atoms with E-state index in [4.69, 9.17) is 5.11 Å². The summed E-state index contributed by atoms with van der Waals surface area (Å²) in [6, 6.07) is 10.3. The molecule has 2 rings (SSSR count). The lowest BCUT2D eigenvalue weighted by atomic mass is 9.78. The normalized spacial score (nSPS) is 23.2. The second-order valence-corrected chi connectivity index (χ2v) is 4.66. The molecule has 2 heteroatoms. The Kier molecular flexibility index (Phi) is 3.62. The summed E-state index contributed by atoms with van der Waals surface area (Å²) in [5.41, 5.74) is 2.91. The molecule has 0 bridgehead atoms. The molecule has 0 aromatic heterocycles. The summed E-state index contributed by atoms with van der Waals surface area (Å²) in [4.78, 5) is 11.1. The van der Waals surface area contributed by atoms with Crippen molar-refractivity contribution in [3.63, 3.8) is 0 Å². The third-order valence-corrected chi connectivity index (χ3v) is 3.61. The van der Waals surface area contributed by atoms with E-state index >= 15 is 0 Å². The van der Waals surface area contributed by atoms with Crippen molar-refractivity contribution in [2.75, 3.05) is 0 Å². The van der Waals surface area contributed by atoms with Crippen LogP contribution in [0, 0.1) is 0 Å². The fourth-order valence-corrected chi connectivity index (χ4v) is 2.65. The fourth-order valence-electron chi connectivity index (χ4n) is 2.65.